The molecule has 0 spiro atoms. The maximum absolute atomic E-state index is 4.54. The summed E-state index contributed by atoms with van der Waals surface area (Å²) < 4.78 is 2.27. The Bertz CT molecular complexity index is 696. The van der Waals surface area contributed by atoms with Gasteiger partial charge in [0.1, 0.15) is 5.01 Å². The molecule has 0 aliphatic heterocycles. The van der Waals surface area contributed by atoms with Gasteiger partial charge in [0.05, 0.1) is 6.54 Å². The quantitative estimate of drug-likeness (QED) is 0.790. The van der Waals surface area contributed by atoms with Crippen LogP contribution in [0.1, 0.15) is 16.3 Å². The van der Waals surface area contributed by atoms with Crippen LogP contribution in [0.2, 0.25) is 0 Å². The molecule has 1 N–H and O–H groups in total. The molecule has 2 heterocycles. The molecule has 0 fully saturated rings. The molecule has 0 unspecified atom stereocenters. The Labute approximate surface area is 116 Å². The first-order valence-corrected chi connectivity index (χ1v) is 7.27. The van der Waals surface area contributed by atoms with Crippen LogP contribution in [-0.2, 0) is 13.1 Å². The average molecular weight is 271 g/mol. The molecule has 0 amide bonds. The Morgan fingerprint density at radius 2 is 2.21 bits per heavy atom. The first-order valence-electron chi connectivity index (χ1n) is 6.39. The van der Waals surface area contributed by atoms with Crippen LogP contribution < -0.4 is 5.32 Å². The minimum Gasteiger partial charge on any atom is -0.341 e. The van der Waals surface area contributed by atoms with Gasteiger partial charge in [0.25, 0.3) is 0 Å². The molecule has 0 radical (unpaired) electrons. The normalized spacial score (nSPS) is 11.3. The van der Waals surface area contributed by atoms with Crippen LogP contribution in [0.25, 0.3) is 10.9 Å². The summed E-state index contributed by atoms with van der Waals surface area (Å²) in [6.07, 6.45) is 2.14. The van der Waals surface area contributed by atoms with Crippen LogP contribution >= 0.6 is 11.3 Å². The second kappa shape index (κ2) is 5.15. The molecule has 4 heteroatoms. The van der Waals surface area contributed by atoms with E-state index in [4.69, 9.17) is 0 Å². The molecule has 19 heavy (non-hydrogen) atoms. The molecule has 98 valence electrons. The SMILES string of the molecule is CNCc1ccc2ccn(Cc3nc(C)cs3)c2c1. The summed E-state index contributed by atoms with van der Waals surface area (Å²) in [5.74, 6) is 0. The fourth-order valence-corrected chi connectivity index (χ4v) is 3.07. The lowest BCUT2D eigenvalue weighted by Gasteiger charge is -2.05. The van der Waals surface area contributed by atoms with E-state index in [1.54, 1.807) is 11.3 Å². The minimum absolute atomic E-state index is 0.852. The van der Waals surface area contributed by atoms with Crippen molar-refractivity contribution in [1.29, 1.82) is 0 Å². The number of hydrogen-bond donors (Lipinski definition) is 1. The second-order valence-corrected chi connectivity index (χ2v) is 5.69. The highest BCUT2D eigenvalue weighted by Crippen LogP contribution is 2.20. The standard InChI is InChI=1S/C15H17N3S/c1-11-10-19-15(17-11)9-18-6-5-13-4-3-12(8-16-2)7-14(13)18/h3-7,10,16H,8-9H2,1-2H3. The van der Waals surface area contributed by atoms with Gasteiger partial charge < -0.3 is 9.88 Å². The van der Waals surface area contributed by atoms with Crippen LogP contribution in [0.15, 0.2) is 35.8 Å². The number of nitrogens with zero attached hydrogens (tertiary/aromatic N) is 2. The number of aromatic nitrogens is 2. The molecule has 2 aromatic heterocycles. The van der Waals surface area contributed by atoms with E-state index in [1.165, 1.54) is 16.5 Å². The predicted molar refractivity (Wildman–Crippen MR) is 80.7 cm³/mol. The second-order valence-electron chi connectivity index (χ2n) is 4.75. The van der Waals surface area contributed by atoms with E-state index in [0.717, 1.165) is 23.8 Å². The smallest absolute Gasteiger partial charge is 0.113 e. The minimum atomic E-state index is 0.852. The first-order chi connectivity index (χ1) is 9.26. The highest BCUT2D eigenvalue weighted by Gasteiger charge is 2.05. The maximum Gasteiger partial charge on any atom is 0.113 e. The molecule has 0 saturated heterocycles. The third-order valence-electron chi connectivity index (χ3n) is 3.19. The molecule has 0 saturated carbocycles. The number of benzene rings is 1. The van der Waals surface area contributed by atoms with Crippen LogP contribution in [-0.4, -0.2) is 16.6 Å². The molecule has 0 bridgehead atoms. The van der Waals surface area contributed by atoms with Gasteiger partial charge >= 0.3 is 0 Å². The number of thiazole rings is 1. The molecule has 3 nitrogen and oxygen atoms in total. The van der Waals surface area contributed by atoms with E-state index in [0.29, 0.717) is 0 Å². The van der Waals surface area contributed by atoms with Crippen molar-refractivity contribution in [1.82, 2.24) is 14.9 Å². The van der Waals surface area contributed by atoms with E-state index < -0.39 is 0 Å². The molecule has 0 aliphatic rings. The summed E-state index contributed by atoms with van der Waals surface area (Å²) in [6, 6.07) is 8.79. The number of nitrogens with one attached hydrogen (secondary N) is 1. The van der Waals surface area contributed by atoms with E-state index in [1.807, 2.05) is 14.0 Å². The van der Waals surface area contributed by atoms with Gasteiger partial charge in [0.2, 0.25) is 0 Å². The van der Waals surface area contributed by atoms with E-state index in [9.17, 15) is 0 Å². The zero-order valence-corrected chi connectivity index (χ0v) is 12.0. The van der Waals surface area contributed by atoms with Crippen molar-refractivity contribution < 1.29 is 0 Å². The summed E-state index contributed by atoms with van der Waals surface area (Å²) in [6.45, 7) is 3.79. The van der Waals surface area contributed by atoms with Gasteiger partial charge in [-0.25, -0.2) is 4.98 Å². The average Bonchev–Trinajstić information content (AvgIpc) is 2.98. The first kappa shape index (κ1) is 12.4. The van der Waals surface area contributed by atoms with Crippen LogP contribution in [0.4, 0.5) is 0 Å². The Morgan fingerprint density at radius 1 is 1.32 bits per heavy atom. The van der Waals surface area contributed by atoms with Crippen molar-refractivity contribution in [3.05, 3.63) is 52.1 Å². The lowest BCUT2D eigenvalue weighted by atomic mass is 10.1. The van der Waals surface area contributed by atoms with Crippen molar-refractivity contribution in [2.75, 3.05) is 7.05 Å². The van der Waals surface area contributed by atoms with E-state index in [-0.39, 0.29) is 0 Å². The fourth-order valence-electron chi connectivity index (χ4n) is 2.30. The Balaban J connectivity index is 1.96. The Kier molecular flexibility index (Phi) is 3.36. The number of hydrogen-bond acceptors (Lipinski definition) is 3. The molecule has 0 atom stereocenters. The van der Waals surface area contributed by atoms with Gasteiger partial charge in [-0.1, -0.05) is 12.1 Å². The number of rotatable bonds is 4. The highest BCUT2D eigenvalue weighted by molar-refractivity contribution is 7.09. The lowest BCUT2D eigenvalue weighted by Crippen LogP contribution is -2.05. The summed E-state index contributed by atoms with van der Waals surface area (Å²) in [7, 11) is 1.97. The topological polar surface area (TPSA) is 29.9 Å². The summed E-state index contributed by atoms with van der Waals surface area (Å²) in [4.78, 5) is 4.54. The van der Waals surface area contributed by atoms with Crippen LogP contribution in [0.3, 0.4) is 0 Å². The highest BCUT2D eigenvalue weighted by atomic mass is 32.1. The van der Waals surface area contributed by atoms with Crippen LogP contribution in [0, 0.1) is 6.92 Å². The summed E-state index contributed by atoms with van der Waals surface area (Å²) >= 11 is 1.73. The predicted octanol–water partition coefficient (Wildman–Crippen LogP) is 3.17. The van der Waals surface area contributed by atoms with E-state index in [2.05, 4.69) is 50.7 Å². The molecular weight excluding hydrogens is 254 g/mol. The molecule has 1 aromatic carbocycles. The molecular formula is C15H17N3S. The number of fused-ring (bicyclic) bond motifs is 1. The zero-order chi connectivity index (χ0) is 13.2. The van der Waals surface area contributed by atoms with Crippen molar-refractivity contribution >= 4 is 22.2 Å². The molecule has 0 aliphatic carbocycles. The Hall–Kier alpha value is -1.65. The monoisotopic (exact) mass is 271 g/mol. The third-order valence-corrected chi connectivity index (χ3v) is 4.14. The van der Waals surface area contributed by atoms with Gasteiger partial charge in [-0.3, -0.25) is 0 Å². The largest absolute Gasteiger partial charge is 0.341 e. The van der Waals surface area contributed by atoms with Crippen LogP contribution in [0.5, 0.6) is 0 Å². The summed E-state index contributed by atoms with van der Waals surface area (Å²) in [5.41, 5.74) is 3.69. The lowest BCUT2D eigenvalue weighted by molar-refractivity contribution is 0.809. The fraction of sp³-hybridized carbons (Fsp3) is 0.267. The molecule has 3 rings (SSSR count). The van der Waals surface area contributed by atoms with Gasteiger partial charge in [-0.05, 0) is 37.1 Å². The van der Waals surface area contributed by atoms with Gasteiger partial charge in [-0.15, -0.1) is 11.3 Å². The summed E-state index contributed by atoms with van der Waals surface area (Å²) in [5, 5.41) is 7.74. The van der Waals surface area contributed by atoms with Crippen molar-refractivity contribution in [3.8, 4) is 0 Å². The molecule has 3 aromatic rings. The number of aryl methyl sites for hydroxylation is 1. The third kappa shape index (κ3) is 2.55. The van der Waals surface area contributed by atoms with Gasteiger partial charge in [0, 0.05) is 29.3 Å². The van der Waals surface area contributed by atoms with Gasteiger partial charge in [-0.2, -0.15) is 0 Å². The van der Waals surface area contributed by atoms with Crippen molar-refractivity contribution in [2.24, 2.45) is 0 Å². The van der Waals surface area contributed by atoms with Crippen molar-refractivity contribution in [3.63, 3.8) is 0 Å². The maximum atomic E-state index is 4.54. The Morgan fingerprint density at radius 3 is 2.95 bits per heavy atom. The van der Waals surface area contributed by atoms with E-state index >= 15 is 0 Å². The zero-order valence-electron chi connectivity index (χ0n) is 11.2. The van der Waals surface area contributed by atoms with Gasteiger partial charge in [0.15, 0.2) is 0 Å². The van der Waals surface area contributed by atoms with Crippen molar-refractivity contribution in [2.45, 2.75) is 20.0 Å².